The van der Waals surface area contributed by atoms with Crippen LogP contribution < -0.4 is 25.8 Å². The molecule has 0 amide bonds. The lowest BCUT2D eigenvalue weighted by Crippen LogP contribution is -2.41. The van der Waals surface area contributed by atoms with Crippen LogP contribution in [0.25, 0.3) is 0 Å². The van der Waals surface area contributed by atoms with Gasteiger partial charge in [-0.05, 0) is 61.7 Å². The summed E-state index contributed by atoms with van der Waals surface area (Å²) in [5.41, 5.74) is 7.69. The molecule has 1 aliphatic heterocycles. The molecule has 2 aromatic carbocycles. The van der Waals surface area contributed by atoms with Crippen molar-refractivity contribution in [3.05, 3.63) is 66.0 Å². The van der Waals surface area contributed by atoms with Crippen molar-refractivity contribution in [2.75, 3.05) is 24.7 Å². The number of hydrogen-bond acceptors (Lipinski definition) is 8. The fraction of sp³-hybridized carbons (Fsp3) is 0.292. The first kappa shape index (κ1) is 20.3. The molecule has 8 heteroatoms. The lowest BCUT2D eigenvalue weighted by Gasteiger charge is -2.25. The van der Waals surface area contributed by atoms with E-state index in [4.69, 9.17) is 20.6 Å². The Morgan fingerprint density at radius 3 is 2.62 bits per heavy atom. The minimum Gasteiger partial charge on any atom is -0.497 e. The van der Waals surface area contributed by atoms with Gasteiger partial charge in [-0.3, -0.25) is 5.41 Å². The lowest BCUT2D eigenvalue weighted by molar-refractivity contribution is 0.409. The van der Waals surface area contributed by atoms with Crippen molar-refractivity contribution < 1.29 is 9.47 Å². The molecule has 2 fully saturated rings. The van der Waals surface area contributed by atoms with E-state index in [-0.39, 0.29) is 11.8 Å². The zero-order valence-electron chi connectivity index (χ0n) is 17.8. The fourth-order valence-electron chi connectivity index (χ4n) is 4.58. The number of nitrogens with two attached hydrogens (primary N) is 1. The standard InChI is InChI=1S/C24H26N6O2/c1-31-17-3-2-4-18(11-17)32-16-7-5-15(6-8-16)22(25)21-23(26)28-13-29-24(21)30-20-10-14-9-19(20)27-12-14/h2-8,11,13-14,19-20,25,27H,9-10,12H2,1H3,(H3,26,28,29,30). The molecule has 1 aromatic heterocycles. The van der Waals surface area contributed by atoms with Gasteiger partial charge in [0.1, 0.15) is 35.2 Å². The first-order valence-electron chi connectivity index (χ1n) is 10.7. The van der Waals surface area contributed by atoms with Crippen molar-refractivity contribution in [1.29, 1.82) is 5.41 Å². The van der Waals surface area contributed by atoms with Gasteiger partial charge in [-0.25, -0.2) is 9.97 Å². The highest BCUT2D eigenvalue weighted by Gasteiger charge is 2.39. The molecule has 3 unspecified atom stereocenters. The van der Waals surface area contributed by atoms with Gasteiger partial charge < -0.3 is 25.8 Å². The first-order chi connectivity index (χ1) is 15.6. The number of piperidine rings is 1. The molecular formula is C24H26N6O2. The van der Waals surface area contributed by atoms with Gasteiger partial charge in [0.15, 0.2) is 0 Å². The predicted octanol–water partition coefficient (Wildman–Crippen LogP) is 3.44. The van der Waals surface area contributed by atoms with Gasteiger partial charge in [0, 0.05) is 23.7 Å². The third kappa shape index (κ3) is 3.97. The quantitative estimate of drug-likeness (QED) is 0.424. The molecule has 3 atom stereocenters. The summed E-state index contributed by atoms with van der Waals surface area (Å²) in [5.74, 6) is 3.68. The maximum atomic E-state index is 8.80. The van der Waals surface area contributed by atoms with Crippen LogP contribution in [-0.4, -0.2) is 41.4 Å². The number of methoxy groups -OCH3 is 1. The largest absolute Gasteiger partial charge is 0.497 e. The van der Waals surface area contributed by atoms with Gasteiger partial charge in [-0.1, -0.05) is 6.07 Å². The number of benzene rings is 2. The van der Waals surface area contributed by atoms with Crippen LogP contribution in [0.1, 0.15) is 24.0 Å². The third-order valence-electron chi connectivity index (χ3n) is 6.20. The van der Waals surface area contributed by atoms with Crippen LogP contribution in [0.3, 0.4) is 0 Å². The molecule has 32 heavy (non-hydrogen) atoms. The van der Waals surface area contributed by atoms with Crippen LogP contribution in [0, 0.1) is 11.3 Å². The second kappa shape index (κ2) is 8.47. The van der Waals surface area contributed by atoms with Gasteiger partial charge in [0.2, 0.25) is 0 Å². The number of hydrogen-bond donors (Lipinski definition) is 4. The molecule has 3 aromatic rings. The first-order valence-corrected chi connectivity index (χ1v) is 10.7. The Balaban J connectivity index is 1.35. The van der Waals surface area contributed by atoms with E-state index in [0.717, 1.165) is 18.7 Å². The van der Waals surface area contributed by atoms with Crippen molar-refractivity contribution in [2.24, 2.45) is 5.92 Å². The SMILES string of the molecule is COc1cccc(Oc2ccc(C(=N)c3c(N)ncnc3NC3CC4CNC3C4)cc2)c1. The molecule has 1 aliphatic carbocycles. The van der Waals surface area contributed by atoms with Crippen molar-refractivity contribution in [2.45, 2.75) is 24.9 Å². The van der Waals surface area contributed by atoms with E-state index in [1.165, 1.54) is 12.7 Å². The molecule has 8 nitrogen and oxygen atoms in total. The summed E-state index contributed by atoms with van der Waals surface area (Å²) in [6.45, 7) is 1.08. The number of anilines is 2. The maximum Gasteiger partial charge on any atom is 0.141 e. The summed E-state index contributed by atoms with van der Waals surface area (Å²) in [4.78, 5) is 8.55. The molecule has 5 rings (SSSR count). The Labute approximate surface area is 186 Å². The normalized spacial score (nSPS) is 21.3. The Bertz CT molecular complexity index is 1130. The van der Waals surface area contributed by atoms with E-state index >= 15 is 0 Å². The molecule has 164 valence electrons. The second-order valence-corrected chi connectivity index (χ2v) is 8.27. The van der Waals surface area contributed by atoms with Crippen molar-refractivity contribution in [3.63, 3.8) is 0 Å². The van der Waals surface area contributed by atoms with E-state index in [0.29, 0.717) is 46.2 Å². The minimum absolute atomic E-state index is 0.273. The van der Waals surface area contributed by atoms with E-state index in [2.05, 4.69) is 20.6 Å². The highest BCUT2D eigenvalue weighted by molar-refractivity contribution is 6.16. The molecule has 0 radical (unpaired) electrons. The summed E-state index contributed by atoms with van der Waals surface area (Å²) in [6, 6.07) is 15.5. The Kier molecular flexibility index (Phi) is 5.36. The van der Waals surface area contributed by atoms with Crippen LogP contribution >= 0.6 is 0 Å². The molecule has 1 saturated heterocycles. The van der Waals surface area contributed by atoms with E-state index in [9.17, 15) is 0 Å². The zero-order valence-corrected chi connectivity index (χ0v) is 17.8. The van der Waals surface area contributed by atoms with Crippen LogP contribution in [0.2, 0.25) is 0 Å². The van der Waals surface area contributed by atoms with Crippen LogP contribution in [0.5, 0.6) is 17.2 Å². The van der Waals surface area contributed by atoms with Crippen molar-refractivity contribution >= 4 is 17.3 Å². The monoisotopic (exact) mass is 430 g/mol. The Morgan fingerprint density at radius 2 is 1.91 bits per heavy atom. The topological polar surface area (TPSA) is 118 Å². The Hall–Kier alpha value is -3.65. The average molecular weight is 431 g/mol. The van der Waals surface area contributed by atoms with Crippen molar-refractivity contribution in [3.8, 4) is 17.2 Å². The fourth-order valence-corrected chi connectivity index (χ4v) is 4.58. The van der Waals surface area contributed by atoms with E-state index < -0.39 is 0 Å². The highest BCUT2D eigenvalue weighted by atomic mass is 16.5. The maximum absolute atomic E-state index is 8.80. The number of fused-ring (bicyclic) bond motifs is 2. The van der Waals surface area contributed by atoms with Gasteiger partial charge >= 0.3 is 0 Å². The molecule has 0 spiro atoms. The average Bonchev–Trinajstić information content (AvgIpc) is 3.43. The second-order valence-electron chi connectivity index (χ2n) is 8.27. The minimum atomic E-state index is 0.273. The lowest BCUT2D eigenvalue weighted by atomic mass is 10.0. The van der Waals surface area contributed by atoms with Gasteiger partial charge in [0.05, 0.1) is 18.4 Å². The Morgan fingerprint density at radius 1 is 1.09 bits per heavy atom. The summed E-state index contributed by atoms with van der Waals surface area (Å²) in [6.07, 6.45) is 3.73. The smallest absolute Gasteiger partial charge is 0.141 e. The molecule has 2 aliphatic rings. The number of nitrogen functional groups attached to an aromatic ring is 1. The molecule has 2 bridgehead atoms. The highest BCUT2D eigenvalue weighted by Crippen LogP contribution is 2.34. The van der Waals surface area contributed by atoms with Gasteiger partial charge in [-0.2, -0.15) is 0 Å². The summed E-state index contributed by atoms with van der Waals surface area (Å²) in [5, 5.41) is 15.9. The third-order valence-corrected chi connectivity index (χ3v) is 6.20. The summed E-state index contributed by atoms with van der Waals surface area (Å²) >= 11 is 0. The number of aromatic nitrogens is 2. The molecular weight excluding hydrogens is 404 g/mol. The number of ether oxygens (including phenoxy) is 2. The van der Waals surface area contributed by atoms with Gasteiger partial charge in [0.25, 0.3) is 0 Å². The van der Waals surface area contributed by atoms with Gasteiger partial charge in [-0.15, -0.1) is 0 Å². The van der Waals surface area contributed by atoms with E-state index in [1.807, 2.05) is 48.5 Å². The zero-order chi connectivity index (χ0) is 22.1. The van der Waals surface area contributed by atoms with Crippen LogP contribution in [-0.2, 0) is 0 Å². The molecule has 2 heterocycles. The number of rotatable bonds is 7. The summed E-state index contributed by atoms with van der Waals surface area (Å²) in [7, 11) is 1.62. The number of nitrogens with zero attached hydrogens (tertiary/aromatic N) is 2. The molecule has 1 saturated carbocycles. The van der Waals surface area contributed by atoms with Crippen molar-refractivity contribution in [1.82, 2.24) is 15.3 Å². The summed E-state index contributed by atoms with van der Waals surface area (Å²) < 4.78 is 11.1. The predicted molar refractivity (Wildman–Crippen MR) is 124 cm³/mol. The molecule has 5 N–H and O–H groups in total. The van der Waals surface area contributed by atoms with Crippen LogP contribution in [0.4, 0.5) is 11.6 Å². The van der Waals surface area contributed by atoms with Crippen LogP contribution in [0.15, 0.2) is 54.9 Å². The van der Waals surface area contributed by atoms with E-state index in [1.54, 1.807) is 7.11 Å². The number of nitrogens with one attached hydrogen (secondary N) is 3.